The van der Waals surface area contributed by atoms with E-state index in [4.69, 9.17) is 0 Å². The minimum absolute atomic E-state index is 0.119. The first-order chi connectivity index (χ1) is 9.54. The van der Waals surface area contributed by atoms with Crippen molar-refractivity contribution < 1.29 is 0 Å². The van der Waals surface area contributed by atoms with Crippen LogP contribution in [0, 0.1) is 5.92 Å². The van der Waals surface area contributed by atoms with Gasteiger partial charge in [0.1, 0.15) is 0 Å². The average molecular weight is 264 g/mol. The van der Waals surface area contributed by atoms with Crippen molar-refractivity contribution in [2.75, 3.05) is 0 Å². The molecule has 0 amide bonds. The molecule has 0 nitrogen and oxygen atoms in total. The second-order valence-corrected chi connectivity index (χ2v) is 6.08. The van der Waals surface area contributed by atoms with Crippen LogP contribution in [0.25, 0.3) is 5.57 Å². The van der Waals surface area contributed by atoms with Gasteiger partial charge in [0.15, 0.2) is 0 Å². The van der Waals surface area contributed by atoms with E-state index in [1.54, 1.807) is 0 Å². The molecular weight excluding hydrogens is 240 g/mol. The third-order valence-corrected chi connectivity index (χ3v) is 4.47. The molecule has 2 aromatic carbocycles. The molecule has 0 saturated carbocycles. The Morgan fingerprint density at radius 3 is 1.95 bits per heavy atom. The van der Waals surface area contributed by atoms with Crippen molar-refractivity contribution in [3.63, 3.8) is 0 Å². The largest absolute Gasteiger partial charge is 0.0952 e. The Labute approximate surface area is 123 Å². The highest BCUT2D eigenvalue weighted by atomic mass is 14.3. The van der Waals surface area contributed by atoms with E-state index in [0.29, 0.717) is 5.92 Å². The van der Waals surface area contributed by atoms with Crippen LogP contribution >= 0.6 is 0 Å². The van der Waals surface area contributed by atoms with Gasteiger partial charge in [0.05, 0.1) is 0 Å². The van der Waals surface area contributed by atoms with E-state index in [1.807, 2.05) is 0 Å². The van der Waals surface area contributed by atoms with Gasteiger partial charge in [-0.25, -0.2) is 0 Å². The van der Waals surface area contributed by atoms with Gasteiger partial charge in [-0.2, -0.15) is 0 Å². The molecule has 0 bridgehead atoms. The van der Waals surface area contributed by atoms with Crippen LogP contribution in [0.4, 0.5) is 0 Å². The van der Waals surface area contributed by atoms with Crippen LogP contribution < -0.4 is 0 Å². The van der Waals surface area contributed by atoms with E-state index in [9.17, 15) is 0 Å². The Kier molecular flexibility index (Phi) is 4.44. The van der Waals surface area contributed by atoms with E-state index in [-0.39, 0.29) is 5.41 Å². The third-order valence-electron chi connectivity index (χ3n) is 4.47. The maximum atomic E-state index is 4.32. The molecule has 104 valence electrons. The number of hydrogen-bond acceptors (Lipinski definition) is 0. The van der Waals surface area contributed by atoms with Gasteiger partial charge in [0.25, 0.3) is 0 Å². The van der Waals surface area contributed by atoms with Crippen LogP contribution in [0.3, 0.4) is 0 Å². The molecule has 0 spiro atoms. The summed E-state index contributed by atoms with van der Waals surface area (Å²) in [6, 6.07) is 21.3. The Morgan fingerprint density at radius 2 is 1.45 bits per heavy atom. The fraction of sp³-hybridized carbons (Fsp3) is 0.300. The monoisotopic (exact) mass is 264 g/mol. The Morgan fingerprint density at radius 1 is 0.950 bits per heavy atom. The Balaban J connectivity index is 2.29. The zero-order valence-electron chi connectivity index (χ0n) is 12.8. The zero-order valence-corrected chi connectivity index (χ0v) is 12.8. The average Bonchev–Trinajstić information content (AvgIpc) is 2.48. The van der Waals surface area contributed by atoms with E-state index in [1.165, 1.54) is 16.7 Å². The summed E-state index contributed by atoms with van der Waals surface area (Å²) in [4.78, 5) is 0. The fourth-order valence-corrected chi connectivity index (χ4v) is 2.68. The first kappa shape index (κ1) is 14.6. The molecule has 0 heterocycles. The number of hydrogen-bond donors (Lipinski definition) is 0. The lowest BCUT2D eigenvalue weighted by Crippen LogP contribution is -2.28. The predicted molar refractivity (Wildman–Crippen MR) is 88.7 cm³/mol. The molecule has 0 fully saturated rings. The van der Waals surface area contributed by atoms with Gasteiger partial charge in [-0.05, 0) is 34.5 Å². The van der Waals surface area contributed by atoms with Gasteiger partial charge >= 0.3 is 0 Å². The third kappa shape index (κ3) is 3.01. The van der Waals surface area contributed by atoms with Crippen molar-refractivity contribution in [1.82, 2.24) is 0 Å². The molecule has 0 saturated heterocycles. The van der Waals surface area contributed by atoms with E-state index >= 15 is 0 Å². The second-order valence-electron chi connectivity index (χ2n) is 6.08. The van der Waals surface area contributed by atoms with Gasteiger partial charge in [-0.3, -0.25) is 0 Å². The summed E-state index contributed by atoms with van der Waals surface area (Å²) in [5.74, 6) is 0.561. The lowest BCUT2D eigenvalue weighted by molar-refractivity contribution is 0.345. The van der Waals surface area contributed by atoms with Gasteiger partial charge in [-0.1, -0.05) is 88.0 Å². The molecule has 1 unspecified atom stereocenters. The fourth-order valence-electron chi connectivity index (χ4n) is 2.68. The molecule has 2 aromatic rings. The van der Waals surface area contributed by atoms with Crippen LogP contribution in [-0.2, 0) is 5.41 Å². The molecular formula is C20H24. The highest BCUT2D eigenvalue weighted by Gasteiger charge is 2.31. The Hall–Kier alpha value is -1.82. The van der Waals surface area contributed by atoms with Crippen molar-refractivity contribution in [3.05, 3.63) is 78.4 Å². The summed E-state index contributed by atoms with van der Waals surface area (Å²) >= 11 is 0. The van der Waals surface area contributed by atoms with Gasteiger partial charge < -0.3 is 0 Å². The molecule has 0 aliphatic carbocycles. The van der Waals surface area contributed by atoms with Crippen LogP contribution in [-0.4, -0.2) is 0 Å². The number of benzene rings is 2. The number of rotatable bonds is 5. The maximum Gasteiger partial charge on any atom is -0.00120 e. The smallest absolute Gasteiger partial charge is 0.00120 e. The van der Waals surface area contributed by atoms with E-state index in [2.05, 4.69) is 88.0 Å². The van der Waals surface area contributed by atoms with Gasteiger partial charge in [0.2, 0.25) is 0 Å². The van der Waals surface area contributed by atoms with Crippen LogP contribution in [0.2, 0.25) is 0 Å². The van der Waals surface area contributed by atoms with Crippen molar-refractivity contribution >= 4 is 5.57 Å². The van der Waals surface area contributed by atoms with Crippen LogP contribution in [0.1, 0.15) is 38.3 Å². The molecule has 0 heteroatoms. The summed E-state index contributed by atoms with van der Waals surface area (Å²) in [6.07, 6.45) is 0.985. The quantitative estimate of drug-likeness (QED) is 0.649. The minimum Gasteiger partial charge on any atom is -0.0952 e. The van der Waals surface area contributed by atoms with Crippen molar-refractivity contribution in [2.24, 2.45) is 5.92 Å². The standard InChI is InChI=1S/C20H24/c1-16(2)20(4,19-13-9-6-10-14-19)15-17(3)18-11-7-5-8-12-18/h5-14,16H,3,15H2,1-2,4H3. The first-order valence-corrected chi connectivity index (χ1v) is 7.33. The molecule has 0 radical (unpaired) electrons. The van der Waals surface area contributed by atoms with Crippen LogP contribution in [0.5, 0.6) is 0 Å². The maximum absolute atomic E-state index is 4.32. The van der Waals surface area contributed by atoms with E-state index in [0.717, 1.165) is 6.42 Å². The van der Waals surface area contributed by atoms with Crippen molar-refractivity contribution in [1.29, 1.82) is 0 Å². The molecule has 1 atom stereocenters. The summed E-state index contributed by atoms with van der Waals surface area (Å²) in [5, 5.41) is 0. The number of allylic oxidation sites excluding steroid dienone is 1. The molecule has 0 aliphatic heterocycles. The molecule has 0 aliphatic rings. The SMILES string of the molecule is C=C(CC(C)(c1ccccc1)C(C)C)c1ccccc1. The van der Waals surface area contributed by atoms with Gasteiger partial charge in [0, 0.05) is 0 Å². The topological polar surface area (TPSA) is 0 Å². The van der Waals surface area contributed by atoms with Crippen LogP contribution in [0.15, 0.2) is 67.2 Å². The molecule has 2 rings (SSSR count). The second kappa shape index (κ2) is 6.09. The summed E-state index contributed by atoms with van der Waals surface area (Å²) < 4.78 is 0. The lowest BCUT2D eigenvalue weighted by atomic mass is 9.69. The van der Waals surface area contributed by atoms with Crippen molar-refractivity contribution in [3.8, 4) is 0 Å². The van der Waals surface area contributed by atoms with Crippen molar-refractivity contribution in [2.45, 2.75) is 32.6 Å². The highest BCUT2D eigenvalue weighted by molar-refractivity contribution is 5.64. The minimum atomic E-state index is 0.119. The van der Waals surface area contributed by atoms with E-state index < -0.39 is 0 Å². The summed E-state index contributed by atoms with van der Waals surface area (Å²) in [6.45, 7) is 11.3. The predicted octanol–water partition coefficient (Wildman–Crippen LogP) is 5.70. The first-order valence-electron chi connectivity index (χ1n) is 7.33. The normalized spacial score (nSPS) is 14.0. The lowest BCUT2D eigenvalue weighted by Gasteiger charge is -2.35. The molecule has 0 N–H and O–H groups in total. The molecule has 20 heavy (non-hydrogen) atoms. The Bertz CT molecular complexity index is 551. The van der Waals surface area contributed by atoms with Gasteiger partial charge in [-0.15, -0.1) is 0 Å². The summed E-state index contributed by atoms with van der Waals surface area (Å²) in [7, 11) is 0. The highest BCUT2D eigenvalue weighted by Crippen LogP contribution is 2.39. The summed E-state index contributed by atoms with van der Waals surface area (Å²) in [5.41, 5.74) is 3.97. The zero-order chi connectivity index (χ0) is 14.6. The molecule has 0 aromatic heterocycles.